The van der Waals surface area contributed by atoms with E-state index in [1.807, 2.05) is 32.9 Å². The number of benzene rings is 2. The van der Waals surface area contributed by atoms with Crippen molar-refractivity contribution >= 4 is 11.8 Å². The van der Waals surface area contributed by atoms with Crippen molar-refractivity contribution in [2.45, 2.75) is 88.8 Å². The van der Waals surface area contributed by atoms with Crippen molar-refractivity contribution in [1.82, 2.24) is 16.0 Å². The van der Waals surface area contributed by atoms with Gasteiger partial charge in [0.1, 0.15) is 0 Å². The quantitative estimate of drug-likeness (QED) is 0.343. The van der Waals surface area contributed by atoms with Gasteiger partial charge in [-0.15, -0.1) is 0 Å². The fourth-order valence-electron chi connectivity index (χ4n) is 4.85. The molecular formula is C29H35F6N3O2. The third kappa shape index (κ3) is 8.22. The van der Waals surface area contributed by atoms with Gasteiger partial charge in [-0.05, 0) is 82.7 Å². The molecule has 0 bridgehead atoms. The SMILES string of the molecule is CC(C(=O)NC1(c2ccccc2)CCC(NC(=O)CNC(C)(C)C)CC1)c1cc(C(F)(F)F)cc(C(F)(F)F)c1. The molecule has 5 nitrogen and oxygen atoms in total. The molecule has 1 fully saturated rings. The monoisotopic (exact) mass is 571 g/mol. The maximum absolute atomic E-state index is 13.4. The van der Waals surface area contributed by atoms with E-state index in [2.05, 4.69) is 16.0 Å². The molecule has 220 valence electrons. The molecule has 0 heterocycles. The summed E-state index contributed by atoms with van der Waals surface area (Å²) in [5.41, 5.74) is -3.66. The van der Waals surface area contributed by atoms with Crippen molar-refractivity contribution in [3.8, 4) is 0 Å². The average Bonchev–Trinajstić information content (AvgIpc) is 2.87. The van der Waals surface area contributed by atoms with Crippen LogP contribution in [0.25, 0.3) is 0 Å². The van der Waals surface area contributed by atoms with Crippen LogP contribution in [0.4, 0.5) is 26.3 Å². The molecule has 0 spiro atoms. The highest BCUT2D eigenvalue weighted by Gasteiger charge is 2.41. The highest BCUT2D eigenvalue weighted by Crippen LogP contribution is 2.40. The fourth-order valence-corrected chi connectivity index (χ4v) is 4.85. The van der Waals surface area contributed by atoms with Crippen LogP contribution in [0.3, 0.4) is 0 Å². The summed E-state index contributed by atoms with van der Waals surface area (Å²) in [5, 5.41) is 9.08. The Bertz CT molecular complexity index is 1150. The molecule has 0 aliphatic heterocycles. The lowest BCUT2D eigenvalue weighted by Crippen LogP contribution is -2.53. The number of amides is 2. The average molecular weight is 572 g/mol. The van der Waals surface area contributed by atoms with Gasteiger partial charge in [-0.1, -0.05) is 30.3 Å². The van der Waals surface area contributed by atoms with E-state index < -0.39 is 40.8 Å². The topological polar surface area (TPSA) is 70.2 Å². The van der Waals surface area contributed by atoms with Crippen LogP contribution in [-0.2, 0) is 27.5 Å². The summed E-state index contributed by atoms with van der Waals surface area (Å²) in [5.74, 6) is -2.13. The number of nitrogens with one attached hydrogen (secondary N) is 3. The number of hydrogen-bond donors (Lipinski definition) is 3. The van der Waals surface area contributed by atoms with E-state index in [9.17, 15) is 35.9 Å². The molecule has 40 heavy (non-hydrogen) atoms. The number of hydrogen-bond acceptors (Lipinski definition) is 3. The van der Waals surface area contributed by atoms with Crippen LogP contribution in [0.2, 0.25) is 0 Å². The molecule has 1 aliphatic carbocycles. The van der Waals surface area contributed by atoms with Crippen molar-refractivity contribution in [2.24, 2.45) is 0 Å². The van der Waals surface area contributed by atoms with Crippen molar-refractivity contribution in [1.29, 1.82) is 0 Å². The van der Waals surface area contributed by atoms with Gasteiger partial charge in [0.2, 0.25) is 11.8 Å². The third-order valence-electron chi connectivity index (χ3n) is 7.18. The van der Waals surface area contributed by atoms with E-state index in [0.717, 1.165) is 5.56 Å². The van der Waals surface area contributed by atoms with Gasteiger partial charge in [-0.3, -0.25) is 9.59 Å². The second kappa shape index (κ2) is 11.8. The molecule has 3 N–H and O–H groups in total. The lowest BCUT2D eigenvalue weighted by Gasteiger charge is -2.42. The molecule has 2 aromatic rings. The molecule has 2 aromatic carbocycles. The van der Waals surface area contributed by atoms with Crippen LogP contribution in [0.1, 0.15) is 81.5 Å². The summed E-state index contributed by atoms with van der Waals surface area (Å²) >= 11 is 0. The van der Waals surface area contributed by atoms with Crippen LogP contribution in [0, 0.1) is 0 Å². The Morgan fingerprint density at radius 1 is 0.900 bits per heavy atom. The van der Waals surface area contributed by atoms with E-state index >= 15 is 0 Å². The van der Waals surface area contributed by atoms with Crippen LogP contribution in [0.5, 0.6) is 0 Å². The van der Waals surface area contributed by atoms with E-state index in [0.29, 0.717) is 37.8 Å². The van der Waals surface area contributed by atoms with Gasteiger partial charge in [-0.2, -0.15) is 26.3 Å². The Morgan fingerprint density at radius 3 is 1.90 bits per heavy atom. The molecule has 0 aromatic heterocycles. The molecule has 3 rings (SSSR count). The fraction of sp³-hybridized carbons (Fsp3) is 0.517. The first-order valence-electron chi connectivity index (χ1n) is 13.1. The molecule has 11 heteroatoms. The molecule has 1 atom stereocenters. The molecule has 1 aliphatic rings. The van der Waals surface area contributed by atoms with Crippen molar-refractivity contribution in [3.63, 3.8) is 0 Å². The summed E-state index contributed by atoms with van der Waals surface area (Å²) in [6.07, 6.45) is -8.14. The lowest BCUT2D eigenvalue weighted by molar-refractivity contribution is -0.143. The van der Waals surface area contributed by atoms with Crippen molar-refractivity contribution in [3.05, 3.63) is 70.8 Å². The normalized spacial score (nSPS) is 21.0. The molecule has 0 radical (unpaired) electrons. The second-order valence-electron chi connectivity index (χ2n) is 11.4. The largest absolute Gasteiger partial charge is 0.416 e. The predicted molar refractivity (Wildman–Crippen MR) is 139 cm³/mol. The van der Waals surface area contributed by atoms with Crippen LogP contribution >= 0.6 is 0 Å². The Kier molecular flexibility index (Phi) is 9.28. The Morgan fingerprint density at radius 2 is 1.43 bits per heavy atom. The minimum Gasteiger partial charge on any atom is -0.352 e. The molecule has 1 unspecified atom stereocenters. The van der Waals surface area contributed by atoms with Crippen LogP contribution in [0.15, 0.2) is 48.5 Å². The van der Waals surface area contributed by atoms with Gasteiger partial charge < -0.3 is 16.0 Å². The number of carbonyl (C=O) groups excluding carboxylic acids is 2. The van der Waals surface area contributed by atoms with E-state index in [1.165, 1.54) is 6.92 Å². The number of rotatable bonds is 7. The van der Waals surface area contributed by atoms with Gasteiger partial charge in [0.15, 0.2) is 0 Å². The number of alkyl halides is 6. The van der Waals surface area contributed by atoms with Crippen LogP contribution < -0.4 is 16.0 Å². The standard InChI is InChI=1S/C29H35F6N3O2/c1-18(19-14-21(28(30,31)32)16-22(15-19)29(33,34)35)25(40)38-27(20-8-6-5-7-9-20)12-10-23(11-13-27)37-24(39)17-36-26(2,3)4/h5-9,14-16,18,23,36H,10-13,17H2,1-4H3,(H,37,39)(H,38,40). The van der Waals surface area contributed by atoms with E-state index in [1.54, 1.807) is 18.2 Å². The second-order valence-corrected chi connectivity index (χ2v) is 11.4. The zero-order valence-electron chi connectivity index (χ0n) is 22.9. The smallest absolute Gasteiger partial charge is 0.352 e. The zero-order chi connectivity index (χ0) is 29.9. The van der Waals surface area contributed by atoms with Gasteiger partial charge in [0, 0.05) is 11.6 Å². The van der Waals surface area contributed by atoms with Gasteiger partial charge >= 0.3 is 12.4 Å². The lowest BCUT2D eigenvalue weighted by atomic mass is 9.74. The first-order chi connectivity index (χ1) is 18.4. The maximum Gasteiger partial charge on any atom is 0.416 e. The Labute approximate surface area is 230 Å². The minimum absolute atomic E-state index is 0.0478. The summed E-state index contributed by atoms with van der Waals surface area (Å²) < 4.78 is 80.3. The highest BCUT2D eigenvalue weighted by atomic mass is 19.4. The maximum atomic E-state index is 13.4. The highest BCUT2D eigenvalue weighted by molar-refractivity contribution is 5.84. The molecular weight excluding hydrogens is 536 g/mol. The Balaban J connectivity index is 1.82. The molecule has 0 saturated heterocycles. The minimum atomic E-state index is -5.01. The predicted octanol–water partition coefficient (Wildman–Crippen LogP) is 6.29. The first-order valence-corrected chi connectivity index (χ1v) is 13.1. The summed E-state index contributed by atoms with van der Waals surface area (Å²) in [7, 11) is 0. The summed E-state index contributed by atoms with van der Waals surface area (Å²) in [6, 6.07) is 10.1. The van der Waals surface area contributed by atoms with E-state index in [4.69, 9.17) is 0 Å². The van der Waals surface area contributed by atoms with E-state index in [-0.39, 0.29) is 35.7 Å². The Hall–Kier alpha value is -3.08. The summed E-state index contributed by atoms with van der Waals surface area (Å²) in [4.78, 5) is 25.8. The number of halogens is 6. The summed E-state index contributed by atoms with van der Waals surface area (Å²) in [6.45, 7) is 7.28. The van der Waals surface area contributed by atoms with Crippen molar-refractivity contribution < 1.29 is 35.9 Å². The van der Waals surface area contributed by atoms with Crippen molar-refractivity contribution in [2.75, 3.05) is 6.54 Å². The third-order valence-corrected chi connectivity index (χ3v) is 7.18. The number of carbonyl (C=O) groups is 2. The van der Waals surface area contributed by atoms with Gasteiger partial charge in [0.25, 0.3) is 0 Å². The molecule has 2 amide bonds. The van der Waals surface area contributed by atoms with Gasteiger partial charge in [0.05, 0.1) is 29.1 Å². The first kappa shape index (κ1) is 31.4. The van der Waals surface area contributed by atoms with Gasteiger partial charge in [-0.25, -0.2) is 0 Å². The van der Waals surface area contributed by atoms with Crippen LogP contribution in [-0.4, -0.2) is 29.9 Å². The molecule has 1 saturated carbocycles. The zero-order valence-corrected chi connectivity index (χ0v) is 22.9.